The summed E-state index contributed by atoms with van der Waals surface area (Å²) in [6.07, 6.45) is -3.92. The summed E-state index contributed by atoms with van der Waals surface area (Å²) in [5.74, 6) is 0. The van der Waals surface area contributed by atoms with Crippen molar-refractivity contribution in [3.8, 4) is 0 Å². The van der Waals surface area contributed by atoms with E-state index in [4.69, 9.17) is 10.2 Å². The molecule has 2 atom stereocenters. The Kier molecular flexibility index (Phi) is 1.78. The molecule has 0 radical (unpaired) electrons. The number of cyclic esters (lactones) is 2. The first kappa shape index (κ1) is 7.30. The first-order chi connectivity index (χ1) is 4.61. The van der Waals surface area contributed by atoms with Crippen LogP contribution >= 0.6 is 0 Å². The molecule has 1 aliphatic heterocycles. The van der Waals surface area contributed by atoms with E-state index in [1.807, 2.05) is 0 Å². The summed E-state index contributed by atoms with van der Waals surface area (Å²) in [5.41, 5.74) is 0. The smallest absolute Gasteiger partial charge is 0.390 e. The lowest BCUT2D eigenvalue weighted by atomic mass is 10.2. The Bertz CT molecular complexity index is 135. The van der Waals surface area contributed by atoms with Crippen molar-refractivity contribution < 1.29 is 24.5 Å². The third-order valence-corrected chi connectivity index (χ3v) is 1.20. The van der Waals surface area contributed by atoms with Gasteiger partial charge < -0.3 is 19.7 Å². The lowest BCUT2D eigenvalue weighted by Gasteiger charge is -2.30. The summed E-state index contributed by atoms with van der Waals surface area (Å²) >= 11 is 0. The van der Waals surface area contributed by atoms with Gasteiger partial charge in [-0.1, -0.05) is 0 Å². The van der Waals surface area contributed by atoms with Gasteiger partial charge in [0.1, 0.15) is 0 Å². The summed E-state index contributed by atoms with van der Waals surface area (Å²) in [5, 5.41) is 17.6. The molecule has 2 unspecified atom stereocenters. The molecule has 5 nitrogen and oxygen atoms in total. The molecule has 1 heterocycles. The van der Waals surface area contributed by atoms with Crippen LogP contribution in [0.3, 0.4) is 0 Å². The molecule has 1 fully saturated rings. The second-order valence-corrected chi connectivity index (χ2v) is 2.09. The molecule has 1 saturated heterocycles. The van der Waals surface area contributed by atoms with Crippen LogP contribution in [0.15, 0.2) is 0 Å². The van der Waals surface area contributed by atoms with Gasteiger partial charge in [0.05, 0.1) is 6.10 Å². The molecule has 0 bridgehead atoms. The predicted octanol–water partition coefficient (Wildman–Crippen LogP) is -0.779. The Morgan fingerprint density at radius 1 is 1.50 bits per heavy atom. The average Bonchev–Trinajstić information content (AvgIpc) is 1.79. The highest BCUT2D eigenvalue weighted by Crippen LogP contribution is 2.16. The summed E-state index contributed by atoms with van der Waals surface area (Å²) < 4.78 is 8.58. The lowest BCUT2D eigenvalue weighted by molar-refractivity contribution is -0.241. The molecule has 58 valence electrons. The summed E-state index contributed by atoms with van der Waals surface area (Å²) in [6, 6.07) is 0. The number of aliphatic hydroxyl groups excluding tert-OH is 2. The number of carbonyl (C=O) groups is 1. The first-order valence-electron chi connectivity index (χ1n) is 2.84. The minimum Gasteiger partial charge on any atom is -0.390 e. The summed E-state index contributed by atoms with van der Waals surface area (Å²) in [4.78, 5) is 10.00. The van der Waals surface area contributed by atoms with E-state index >= 15 is 0 Å². The van der Waals surface area contributed by atoms with Gasteiger partial charge in [-0.2, -0.15) is 0 Å². The largest absolute Gasteiger partial charge is 0.514 e. The highest BCUT2D eigenvalue weighted by atomic mass is 16.9. The van der Waals surface area contributed by atoms with Gasteiger partial charge in [0.15, 0.2) is 6.10 Å². The third kappa shape index (κ3) is 1.19. The normalized spacial score (nSPS) is 24.1. The lowest BCUT2D eigenvalue weighted by Crippen LogP contribution is -2.48. The predicted molar refractivity (Wildman–Crippen MR) is 29.0 cm³/mol. The van der Waals surface area contributed by atoms with Crippen molar-refractivity contribution in [2.75, 3.05) is 0 Å². The van der Waals surface area contributed by atoms with Crippen molar-refractivity contribution >= 4 is 6.16 Å². The number of carbonyl (C=O) groups excluding carboxylic acids is 1. The minimum atomic E-state index is -1.15. The molecular weight excluding hydrogens is 140 g/mol. The zero-order chi connectivity index (χ0) is 7.72. The van der Waals surface area contributed by atoms with Gasteiger partial charge in [-0.15, -0.1) is 0 Å². The SMILES string of the molecule is CC(O)C(O)C1OC(=O)O1. The highest BCUT2D eigenvalue weighted by Gasteiger charge is 2.38. The summed E-state index contributed by atoms with van der Waals surface area (Å²) in [7, 11) is 0. The van der Waals surface area contributed by atoms with Gasteiger partial charge in [0.2, 0.25) is 0 Å². The van der Waals surface area contributed by atoms with Crippen LogP contribution in [0.5, 0.6) is 0 Å². The molecule has 0 aliphatic carbocycles. The van der Waals surface area contributed by atoms with Crippen LogP contribution in [0.1, 0.15) is 6.92 Å². The van der Waals surface area contributed by atoms with Gasteiger partial charge in [-0.25, -0.2) is 4.79 Å². The maximum absolute atomic E-state index is 10.00. The fraction of sp³-hybridized carbons (Fsp3) is 0.800. The number of rotatable bonds is 2. The monoisotopic (exact) mass is 148 g/mol. The molecule has 5 heteroatoms. The number of aliphatic hydroxyl groups is 2. The van der Waals surface area contributed by atoms with Crippen LogP contribution < -0.4 is 0 Å². The Morgan fingerprint density at radius 3 is 2.30 bits per heavy atom. The van der Waals surface area contributed by atoms with E-state index in [9.17, 15) is 4.79 Å². The Balaban J connectivity index is 2.30. The summed E-state index contributed by atoms with van der Waals surface area (Å²) in [6.45, 7) is 1.38. The third-order valence-electron chi connectivity index (χ3n) is 1.20. The molecule has 10 heavy (non-hydrogen) atoms. The number of hydrogen-bond acceptors (Lipinski definition) is 5. The topological polar surface area (TPSA) is 76.0 Å². The second-order valence-electron chi connectivity index (χ2n) is 2.09. The van der Waals surface area contributed by atoms with Crippen LogP contribution in [-0.4, -0.2) is 34.9 Å². The molecule has 2 N–H and O–H groups in total. The molecule has 1 aliphatic rings. The van der Waals surface area contributed by atoms with Crippen molar-refractivity contribution in [3.63, 3.8) is 0 Å². The van der Waals surface area contributed by atoms with Crippen LogP contribution in [0.4, 0.5) is 4.79 Å². The Hall–Kier alpha value is -0.810. The number of ether oxygens (including phenoxy) is 2. The molecule has 0 aromatic heterocycles. The molecule has 0 aromatic rings. The van der Waals surface area contributed by atoms with Gasteiger partial charge >= 0.3 is 6.16 Å². The zero-order valence-corrected chi connectivity index (χ0v) is 5.35. The second kappa shape index (κ2) is 2.43. The Labute approximate surface area is 57.2 Å². The van der Waals surface area contributed by atoms with E-state index < -0.39 is 24.7 Å². The first-order valence-corrected chi connectivity index (χ1v) is 2.84. The Morgan fingerprint density at radius 2 is 2.00 bits per heavy atom. The van der Waals surface area contributed by atoms with Crippen molar-refractivity contribution in [3.05, 3.63) is 0 Å². The zero-order valence-electron chi connectivity index (χ0n) is 5.35. The fourth-order valence-electron chi connectivity index (χ4n) is 0.565. The van der Waals surface area contributed by atoms with Crippen molar-refractivity contribution in [1.82, 2.24) is 0 Å². The molecule has 0 amide bonds. The van der Waals surface area contributed by atoms with Crippen LogP contribution in [0, 0.1) is 0 Å². The van der Waals surface area contributed by atoms with Gasteiger partial charge in [0.25, 0.3) is 6.29 Å². The molecular formula is C5H8O5. The maximum atomic E-state index is 10.00. The molecule has 0 saturated carbocycles. The van der Waals surface area contributed by atoms with Crippen LogP contribution in [-0.2, 0) is 9.47 Å². The molecule has 0 aromatic carbocycles. The average molecular weight is 148 g/mol. The van der Waals surface area contributed by atoms with E-state index in [1.54, 1.807) is 0 Å². The van der Waals surface area contributed by atoms with Crippen molar-refractivity contribution in [2.45, 2.75) is 25.4 Å². The fourth-order valence-corrected chi connectivity index (χ4v) is 0.565. The number of hydrogen-bond donors (Lipinski definition) is 2. The maximum Gasteiger partial charge on any atom is 0.514 e. The molecule has 1 rings (SSSR count). The van der Waals surface area contributed by atoms with E-state index in [-0.39, 0.29) is 0 Å². The van der Waals surface area contributed by atoms with Gasteiger partial charge in [0, 0.05) is 0 Å². The minimum absolute atomic E-state index is 0.815. The van der Waals surface area contributed by atoms with E-state index in [1.165, 1.54) is 6.92 Å². The quantitative estimate of drug-likeness (QED) is 0.502. The van der Waals surface area contributed by atoms with E-state index in [0.717, 1.165) is 0 Å². The molecule has 0 spiro atoms. The van der Waals surface area contributed by atoms with Crippen LogP contribution in [0.2, 0.25) is 0 Å². The van der Waals surface area contributed by atoms with Crippen LogP contribution in [0.25, 0.3) is 0 Å². The van der Waals surface area contributed by atoms with Gasteiger partial charge in [-0.05, 0) is 6.92 Å². The van der Waals surface area contributed by atoms with Crippen molar-refractivity contribution in [2.24, 2.45) is 0 Å². The standard InChI is InChI=1S/C5H8O5/c1-2(6)3(7)4-9-5(8)10-4/h2-4,6-7H,1H3. The van der Waals surface area contributed by atoms with Gasteiger partial charge in [-0.3, -0.25) is 0 Å². The highest BCUT2D eigenvalue weighted by molar-refractivity contribution is 5.64. The van der Waals surface area contributed by atoms with Crippen molar-refractivity contribution in [1.29, 1.82) is 0 Å². The van der Waals surface area contributed by atoms with E-state index in [0.29, 0.717) is 0 Å². The van der Waals surface area contributed by atoms with E-state index in [2.05, 4.69) is 9.47 Å².